The van der Waals surface area contributed by atoms with E-state index in [1.807, 2.05) is 48.5 Å². The van der Waals surface area contributed by atoms with E-state index in [2.05, 4.69) is 4.98 Å². The van der Waals surface area contributed by atoms with Gasteiger partial charge in [0.25, 0.3) is 0 Å². The van der Waals surface area contributed by atoms with Crippen LogP contribution in [0.4, 0.5) is 0 Å². The molecule has 0 radical (unpaired) electrons. The van der Waals surface area contributed by atoms with E-state index in [4.69, 9.17) is 10.2 Å². The molecule has 0 atom stereocenters. The summed E-state index contributed by atoms with van der Waals surface area (Å²) in [4.78, 5) is 4.04. The van der Waals surface area contributed by atoms with Crippen LogP contribution in [0.25, 0.3) is 10.9 Å². The summed E-state index contributed by atoms with van der Waals surface area (Å²) in [5.74, 6) is 0.0376. The molecule has 4 nitrogen and oxygen atoms in total. The van der Waals surface area contributed by atoms with Gasteiger partial charge < -0.3 is 52.5 Å². The van der Waals surface area contributed by atoms with E-state index < -0.39 is 0 Å². The number of aliphatic hydroxyl groups is 2. The van der Waals surface area contributed by atoms with E-state index in [0.717, 1.165) is 19.7 Å². The van der Waals surface area contributed by atoms with Crippen LogP contribution >= 0.6 is 0 Å². The predicted octanol–water partition coefficient (Wildman–Crippen LogP) is 4.18. The second-order valence-electron chi connectivity index (χ2n) is 3.29. The van der Waals surface area contributed by atoms with Crippen LogP contribution < -0.4 is 5.11 Å². The second-order valence-corrected chi connectivity index (χ2v) is 3.29. The third-order valence-corrected chi connectivity index (χ3v) is 2.16. The van der Waals surface area contributed by atoms with Gasteiger partial charge in [0.1, 0.15) is 0 Å². The van der Waals surface area contributed by atoms with Gasteiger partial charge in [-0.3, -0.25) is 4.98 Å². The average molecular weight is 396 g/mol. The standard InChI is InChI=1S/C9H7NO.C5H5.2CH4O.5CH3.Ti/c11-9-5-6-10-8-4-2-1-3-7(8)9;1-2-4-5-3-1;2*1-2;;;;;;/h1-6H,(H,10,11);1-5H;2*2H,1H3;5*1H3;/q;-1;;;5*-1;/p-1. The van der Waals surface area contributed by atoms with Gasteiger partial charge in [-0.2, -0.15) is 18.2 Å². The summed E-state index contributed by atoms with van der Waals surface area (Å²) in [5, 5.41) is 25.8. The van der Waals surface area contributed by atoms with E-state index >= 15 is 0 Å². The topological polar surface area (TPSA) is 76.4 Å². The molecule has 152 valence electrons. The molecule has 0 aliphatic rings. The number of hydrogen-bond donors (Lipinski definition) is 2. The Morgan fingerprint density at radius 2 is 1.23 bits per heavy atom. The van der Waals surface area contributed by atoms with E-state index in [9.17, 15) is 5.11 Å². The van der Waals surface area contributed by atoms with Gasteiger partial charge in [-0.25, -0.2) is 12.1 Å². The molecule has 2 aromatic carbocycles. The van der Waals surface area contributed by atoms with Crippen LogP contribution in [0, 0.1) is 37.1 Å². The Morgan fingerprint density at radius 1 is 0.769 bits per heavy atom. The Morgan fingerprint density at radius 3 is 1.62 bits per heavy atom. The number of hydrogen-bond acceptors (Lipinski definition) is 4. The van der Waals surface area contributed by atoms with Gasteiger partial charge in [0.15, 0.2) is 0 Å². The Hall–Kier alpha value is -1.59. The van der Waals surface area contributed by atoms with E-state index in [0.29, 0.717) is 5.39 Å². The van der Waals surface area contributed by atoms with Gasteiger partial charge in [-0.05, 0) is 11.5 Å². The van der Waals surface area contributed by atoms with Crippen molar-refractivity contribution in [1.29, 1.82) is 0 Å². The second kappa shape index (κ2) is 31.2. The number of aromatic nitrogens is 1. The molecule has 0 aliphatic carbocycles. The summed E-state index contributed by atoms with van der Waals surface area (Å²) in [7, 11) is 2.00. The quantitative estimate of drug-likeness (QED) is 0.442. The Kier molecular flexibility index (Phi) is 53.0. The van der Waals surface area contributed by atoms with Crippen LogP contribution in [0.3, 0.4) is 0 Å². The van der Waals surface area contributed by atoms with Crippen molar-refractivity contribution >= 4 is 10.9 Å². The van der Waals surface area contributed by atoms with Crippen LogP contribution in [0.2, 0.25) is 0 Å². The average Bonchev–Trinajstić information content (AvgIpc) is 3.12. The smallest absolute Gasteiger partial charge is 0.0695 e. The molecule has 0 spiro atoms. The molecular formula is C21H34NO3Ti-7. The number of para-hydroxylation sites is 1. The van der Waals surface area contributed by atoms with Crippen molar-refractivity contribution < 1.29 is 37.0 Å². The molecule has 0 unspecified atom stereocenters. The largest absolute Gasteiger partial charge is 0.872 e. The fraction of sp³-hybridized carbons (Fsp3) is 0.0952. The van der Waals surface area contributed by atoms with E-state index in [-0.39, 0.29) is 64.6 Å². The van der Waals surface area contributed by atoms with Crippen LogP contribution in [-0.2, 0) is 21.7 Å². The fourth-order valence-corrected chi connectivity index (χ4v) is 1.39. The molecular weight excluding hydrogens is 362 g/mol. The number of rotatable bonds is 0. The zero-order valence-corrected chi connectivity index (χ0v) is 18.7. The summed E-state index contributed by atoms with van der Waals surface area (Å²) < 4.78 is 0. The zero-order chi connectivity index (χ0) is 15.2. The minimum absolute atomic E-state index is 0. The van der Waals surface area contributed by atoms with Gasteiger partial charge >= 0.3 is 0 Å². The summed E-state index contributed by atoms with van der Waals surface area (Å²) >= 11 is 0. The molecule has 0 amide bonds. The van der Waals surface area contributed by atoms with Crippen molar-refractivity contribution in [1.82, 2.24) is 4.98 Å². The first-order chi connectivity index (χ1) is 9.88. The Bertz CT molecular complexity index is 535. The molecule has 0 saturated carbocycles. The summed E-state index contributed by atoms with van der Waals surface area (Å²) in [5.41, 5.74) is 0.764. The van der Waals surface area contributed by atoms with Gasteiger partial charge in [-0.1, -0.05) is 30.0 Å². The molecule has 3 rings (SSSR count). The minimum Gasteiger partial charge on any atom is -0.872 e. The zero-order valence-electron chi connectivity index (χ0n) is 17.1. The molecule has 26 heavy (non-hydrogen) atoms. The Labute approximate surface area is 176 Å². The molecule has 0 fully saturated rings. The van der Waals surface area contributed by atoms with Gasteiger partial charge in [0.2, 0.25) is 0 Å². The van der Waals surface area contributed by atoms with Crippen molar-refractivity contribution in [3.63, 3.8) is 0 Å². The molecule has 0 aliphatic heterocycles. The Balaban J connectivity index is -0.0000000426. The van der Waals surface area contributed by atoms with Crippen LogP contribution in [0.1, 0.15) is 0 Å². The summed E-state index contributed by atoms with van der Waals surface area (Å²) in [6, 6.07) is 18.8. The molecule has 3 aromatic rings. The molecule has 1 heterocycles. The number of fused-ring (bicyclic) bond motifs is 1. The van der Waals surface area contributed by atoms with Crippen LogP contribution in [0.5, 0.6) is 5.75 Å². The van der Waals surface area contributed by atoms with Gasteiger partial charge in [0, 0.05) is 42.1 Å². The number of benzene rings is 1. The van der Waals surface area contributed by atoms with Crippen LogP contribution in [-0.4, -0.2) is 29.4 Å². The first-order valence-corrected chi connectivity index (χ1v) is 5.95. The fourth-order valence-electron chi connectivity index (χ4n) is 1.39. The van der Waals surface area contributed by atoms with Crippen molar-refractivity contribution in [3.05, 3.63) is 104 Å². The normalized spacial score (nSPS) is 6.31. The maximum atomic E-state index is 11.1. The van der Waals surface area contributed by atoms with Gasteiger partial charge in [-0.15, -0.1) is 0 Å². The van der Waals surface area contributed by atoms with Crippen molar-refractivity contribution in [2.24, 2.45) is 0 Å². The first-order valence-electron chi connectivity index (χ1n) is 5.95. The molecule has 0 bridgehead atoms. The summed E-state index contributed by atoms with van der Waals surface area (Å²) in [6.45, 7) is 0. The number of aliphatic hydroxyl groups excluding tert-OH is 2. The summed E-state index contributed by atoms with van der Waals surface area (Å²) in [6.07, 6.45) is 1.53. The minimum atomic E-state index is 0. The third kappa shape index (κ3) is 17.2. The first kappa shape index (κ1) is 44.1. The SMILES string of the molecule is CO.CO.[CH3-].[CH3-].[CH3-].[CH3-].[CH3-].[O-]c1ccnc2ccccc12.[Ti].c1cc[cH-]c1. The van der Waals surface area contributed by atoms with Crippen molar-refractivity contribution in [3.8, 4) is 5.75 Å². The van der Waals surface area contributed by atoms with E-state index in [1.54, 1.807) is 6.07 Å². The number of pyridine rings is 1. The van der Waals surface area contributed by atoms with Crippen molar-refractivity contribution in [2.75, 3.05) is 14.2 Å². The molecule has 2 N–H and O–H groups in total. The van der Waals surface area contributed by atoms with E-state index in [1.165, 1.54) is 12.3 Å². The molecule has 5 heteroatoms. The maximum absolute atomic E-state index is 11.1. The third-order valence-electron chi connectivity index (χ3n) is 2.16. The molecule has 1 aromatic heterocycles. The van der Waals surface area contributed by atoms with Crippen LogP contribution in [0.15, 0.2) is 66.9 Å². The van der Waals surface area contributed by atoms with Gasteiger partial charge in [0.05, 0.1) is 5.52 Å². The van der Waals surface area contributed by atoms with Crippen molar-refractivity contribution in [2.45, 2.75) is 0 Å². The maximum Gasteiger partial charge on any atom is 0.0695 e. The number of nitrogens with zero attached hydrogens (tertiary/aromatic N) is 1. The monoisotopic (exact) mass is 396 g/mol. The molecule has 0 saturated heterocycles. The predicted molar refractivity (Wildman–Crippen MR) is 112 cm³/mol.